The number of piperidine rings is 1. The molecular weight excluding hydrogens is 240 g/mol. The highest BCUT2D eigenvalue weighted by Gasteiger charge is 2.47. The van der Waals surface area contributed by atoms with E-state index in [1.54, 1.807) is 4.31 Å². The molecular formula is C11H22N2O3S. The Morgan fingerprint density at radius 1 is 1.18 bits per heavy atom. The van der Waals surface area contributed by atoms with Crippen molar-refractivity contribution >= 4 is 10.2 Å². The average molecular weight is 262 g/mol. The fourth-order valence-corrected chi connectivity index (χ4v) is 5.22. The van der Waals surface area contributed by atoms with Crippen LogP contribution in [0.1, 0.15) is 39.5 Å². The van der Waals surface area contributed by atoms with Crippen molar-refractivity contribution in [3.8, 4) is 0 Å². The topological polar surface area (TPSA) is 60.9 Å². The molecule has 0 spiro atoms. The summed E-state index contributed by atoms with van der Waals surface area (Å²) in [5, 5.41) is 9.69. The van der Waals surface area contributed by atoms with Gasteiger partial charge < -0.3 is 5.11 Å². The van der Waals surface area contributed by atoms with E-state index in [0.29, 0.717) is 25.9 Å². The quantitative estimate of drug-likeness (QED) is 0.805. The lowest BCUT2D eigenvalue weighted by molar-refractivity contribution is 0.0739. The molecule has 100 valence electrons. The van der Waals surface area contributed by atoms with E-state index in [1.165, 1.54) is 4.31 Å². The summed E-state index contributed by atoms with van der Waals surface area (Å²) in [6, 6.07) is 0.0173. The van der Waals surface area contributed by atoms with Crippen LogP contribution in [-0.2, 0) is 10.2 Å². The fourth-order valence-electron chi connectivity index (χ4n) is 3.17. The van der Waals surface area contributed by atoms with Crippen LogP contribution in [-0.4, -0.2) is 53.4 Å². The summed E-state index contributed by atoms with van der Waals surface area (Å²) in [7, 11) is -3.33. The highest BCUT2D eigenvalue weighted by molar-refractivity contribution is 7.86. The van der Waals surface area contributed by atoms with Crippen LogP contribution in [0.5, 0.6) is 0 Å². The Hall–Kier alpha value is -0.170. The maximum absolute atomic E-state index is 12.5. The molecule has 0 radical (unpaired) electrons. The van der Waals surface area contributed by atoms with E-state index in [1.807, 2.05) is 13.8 Å². The number of aliphatic hydroxyl groups is 1. The molecule has 2 saturated heterocycles. The Balaban J connectivity index is 2.23. The first kappa shape index (κ1) is 13.3. The first-order valence-corrected chi connectivity index (χ1v) is 7.87. The SMILES string of the molecule is CCN(CC)S(=O)(=O)N1C2CCC1CC(O)C2. The minimum Gasteiger partial charge on any atom is -0.393 e. The molecule has 2 rings (SSSR count). The molecule has 2 unspecified atom stereocenters. The molecule has 0 aromatic carbocycles. The van der Waals surface area contributed by atoms with Crippen molar-refractivity contribution in [2.24, 2.45) is 0 Å². The molecule has 0 aliphatic carbocycles. The highest BCUT2D eigenvalue weighted by Crippen LogP contribution is 2.38. The van der Waals surface area contributed by atoms with Gasteiger partial charge in [-0.3, -0.25) is 0 Å². The van der Waals surface area contributed by atoms with E-state index in [0.717, 1.165) is 12.8 Å². The van der Waals surface area contributed by atoms with Crippen molar-refractivity contribution in [1.82, 2.24) is 8.61 Å². The summed E-state index contributed by atoms with van der Waals surface area (Å²) in [5.74, 6) is 0. The van der Waals surface area contributed by atoms with E-state index < -0.39 is 10.2 Å². The molecule has 0 aromatic rings. The van der Waals surface area contributed by atoms with Crippen LogP contribution in [0.25, 0.3) is 0 Å². The third-order valence-corrected chi connectivity index (χ3v) is 6.24. The van der Waals surface area contributed by atoms with Crippen LogP contribution in [0.3, 0.4) is 0 Å². The Morgan fingerprint density at radius 2 is 1.65 bits per heavy atom. The largest absolute Gasteiger partial charge is 0.393 e. The van der Waals surface area contributed by atoms with Crippen molar-refractivity contribution in [2.45, 2.75) is 57.7 Å². The molecule has 2 bridgehead atoms. The average Bonchev–Trinajstić information content (AvgIpc) is 2.54. The molecule has 0 aromatic heterocycles. The van der Waals surface area contributed by atoms with Crippen LogP contribution in [0, 0.1) is 0 Å². The summed E-state index contributed by atoms with van der Waals surface area (Å²) < 4.78 is 28.1. The zero-order chi connectivity index (χ0) is 12.6. The molecule has 0 amide bonds. The molecule has 0 saturated carbocycles. The van der Waals surface area contributed by atoms with Gasteiger partial charge in [-0.25, -0.2) is 0 Å². The van der Waals surface area contributed by atoms with Gasteiger partial charge in [0.15, 0.2) is 0 Å². The van der Waals surface area contributed by atoms with Crippen LogP contribution >= 0.6 is 0 Å². The summed E-state index contributed by atoms with van der Waals surface area (Å²) in [6.45, 7) is 4.75. The van der Waals surface area contributed by atoms with E-state index in [9.17, 15) is 13.5 Å². The van der Waals surface area contributed by atoms with Crippen LogP contribution in [0.15, 0.2) is 0 Å². The second-order valence-electron chi connectivity index (χ2n) is 4.93. The molecule has 2 aliphatic heterocycles. The summed E-state index contributed by atoms with van der Waals surface area (Å²) in [5.41, 5.74) is 0. The molecule has 17 heavy (non-hydrogen) atoms. The second kappa shape index (κ2) is 4.84. The van der Waals surface area contributed by atoms with E-state index in [4.69, 9.17) is 0 Å². The first-order chi connectivity index (χ1) is 8.00. The normalized spacial score (nSPS) is 34.5. The zero-order valence-corrected chi connectivity index (χ0v) is 11.4. The standard InChI is InChI=1S/C11H22N2O3S/c1-3-12(4-2)17(15,16)13-9-5-6-10(13)8-11(14)7-9/h9-11,14H,3-8H2,1-2H3. The predicted molar refractivity (Wildman–Crippen MR) is 65.7 cm³/mol. The van der Waals surface area contributed by atoms with Gasteiger partial charge in [0, 0.05) is 25.2 Å². The lowest BCUT2D eigenvalue weighted by Gasteiger charge is -2.38. The van der Waals surface area contributed by atoms with Crippen LogP contribution in [0.4, 0.5) is 0 Å². The van der Waals surface area contributed by atoms with Crippen molar-refractivity contribution in [2.75, 3.05) is 13.1 Å². The van der Waals surface area contributed by atoms with E-state index in [-0.39, 0.29) is 18.2 Å². The van der Waals surface area contributed by atoms with Crippen LogP contribution < -0.4 is 0 Å². The van der Waals surface area contributed by atoms with Gasteiger partial charge in [0.2, 0.25) is 0 Å². The molecule has 6 heteroatoms. The van der Waals surface area contributed by atoms with Gasteiger partial charge in [-0.2, -0.15) is 17.0 Å². The van der Waals surface area contributed by atoms with Gasteiger partial charge in [0.25, 0.3) is 10.2 Å². The third-order valence-electron chi connectivity index (χ3n) is 3.94. The number of fused-ring (bicyclic) bond motifs is 2. The van der Waals surface area contributed by atoms with Crippen molar-refractivity contribution in [1.29, 1.82) is 0 Å². The maximum Gasteiger partial charge on any atom is 0.282 e. The lowest BCUT2D eigenvalue weighted by atomic mass is 10.0. The predicted octanol–water partition coefficient (Wildman–Crippen LogP) is 0.561. The van der Waals surface area contributed by atoms with E-state index >= 15 is 0 Å². The minimum absolute atomic E-state index is 0.00866. The molecule has 2 heterocycles. The van der Waals surface area contributed by atoms with Crippen molar-refractivity contribution in [3.63, 3.8) is 0 Å². The Labute approximate surface area is 104 Å². The third kappa shape index (κ3) is 2.23. The minimum atomic E-state index is -3.33. The van der Waals surface area contributed by atoms with Crippen molar-refractivity contribution in [3.05, 3.63) is 0 Å². The highest BCUT2D eigenvalue weighted by atomic mass is 32.2. The van der Waals surface area contributed by atoms with Crippen LogP contribution in [0.2, 0.25) is 0 Å². The maximum atomic E-state index is 12.5. The number of aliphatic hydroxyl groups excluding tert-OH is 1. The van der Waals surface area contributed by atoms with E-state index in [2.05, 4.69) is 0 Å². The molecule has 2 atom stereocenters. The Kier molecular flexibility index (Phi) is 3.77. The van der Waals surface area contributed by atoms with Gasteiger partial charge in [-0.1, -0.05) is 13.8 Å². The summed E-state index contributed by atoms with van der Waals surface area (Å²) in [4.78, 5) is 0. The number of hydrogen-bond acceptors (Lipinski definition) is 3. The zero-order valence-electron chi connectivity index (χ0n) is 10.5. The van der Waals surface area contributed by atoms with Gasteiger partial charge in [-0.15, -0.1) is 0 Å². The lowest BCUT2D eigenvalue weighted by Crippen LogP contribution is -2.53. The van der Waals surface area contributed by atoms with Crippen molar-refractivity contribution < 1.29 is 13.5 Å². The summed E-state index contributed by atoms with van der Waals surface area (Å²) >= 11 is 0. The fraction of sp³-hybridized carbons (Fsp3) is 1.00. The molecule has 2 fully saturated rings. The Bertz CT molecular complexity index is 353. The molecule has 1 N–H and O–H groups in total. The second-order valence-corrected chi connectivity index (χ2v) is 6.77. The summed E-state index contributed by atoms with van der Waals surface area (Å²) in [6.07, 6.45) is 2.65. The smallest absolute Gasteiger partial charge is 0.282 e. The molecule has 5 nitrogen and oxygen atoms in total. The van der Waals surface area contributed by atoms with Gasteiger partial charge in [0.05, 0.1) is 6.10 Å². The number of hydrogen-bond donors (Lipinski definition) is 1. The first-order valence-electron chi connectivity index (χ1n) is 6.47. The number of nitrogens with zero attached hydrogens (tertiary/aromatic N) is 2. The monoisotopic (exact) mass is 262 g/mol. The Morgan fingerprint density at radius 3 is 2.06 bits per heavy atom. The number of rotatable bonds is 4. The van der Waals surface area contributed by atoms with Gasteiger partial charge in [-0.05, 0) is 25.7 Å². The van der Waals surface area contributed by atoms with Gasteiger partial charge >= 0.3 is 0 Å². The molecule has 2 aliphatic rings. The van der Waals surface area contributed by atoms with Gasteiger partial charge in [0.1, 0.15) is 0 Å².